The van der Waals surface area contributed by atoms with E-state index in [4.69, 9.17) is 46.4 Å². The van der Waals surface area contributed by atoms with Crippen molar-refractivity contribution in [2.45, 2.75) is 17.1 Å². The summed E-state index contributed by atoms with van der Waals surface area (Å²) in [5.74, 6) is -0.345. The van der Waals surface area contributed by atoms with E-state index in [1.54, 1.807) is 6.92 Å². The van der Waals surface area contributed by atoms with Gasteiger partial charge in [0.1, 0.15) is 0 Å². The summed E-state index contributed by atoms with van der Waals surface area (Å²) in [6.07, 6.45) is 0.0814. The van der Waals surface area contributed by atoms with Gasteiger partial charge in [-0.15, -0.1) is 0 Å². The lowest BCUT2D eigenvalue weighted by Crippen LogP contribution is -2.17. The van der Waals surface area contributed by atoms with E-state index in [1.165, 1.54) is 0 Å². The molecule has 0 radical (unpaired) electrons. The van der Waals surface area contributed by atoms with E-state index in [-0.39, 0.29) is 12.3 Å². The SMILES string of the molecule is C[C@H](CC(=O)Cl)C(Cl)(Cl)Cl. The Kier molecular flexibility index (Phi) is 4.34. The fourth-order valence-electron chi connectivity index (χ4n) is 0.356. The fourth-order valence-corrected chi connectivity index (χ4v) is 0.819. The third-order valence-corrected chi connectivity index (χ3v) is 2.30. The number of alkyl halides is 3. The smallest absolute Gasteiger partial charge is 0.222 e. The van der Waals surface area contributed by atoms with Crippen molar-refractivity contribution in [1.29, 1.82) is 0 Å². The molecule has 0 spiro atoms. The number of carbonyl (C=O) groups is 1. The molecular weight excluding hydrogens is 218 g/mol. The maximum absolute atomic E-state index is 10.3. The largest absolute Gasteiger partial charge is 0.281 e. The molecule has 0 saturated carbocycles. The molecule has 0 unspecified atom stereocenters. The predicted octanol–water partition coefficient (Wildman–Crippen LogP) is 3.15. The average Bonchev–Trinajstić information content (AvgIpc) is 1.60. The molecule has 0 aromatic carbocycles. The molecule has 0 rings (SSSR count). The van der Waals surface area contributed by atoms with Crippen LogP contribution < -0.4 is 0 Å². The minimum atomic E-state index is -1.40. The Bertz CT molecular complexity index is 128. The highest BCUT2D eigenvalue weighted by atomic mass is 35.6. The number of hydrogen-bond acceptors (Lipinski definition) is 1. The third kappa shape index (κ3) is 4.62. The quantitative estimate of drug-likeness (QED) is 0.520. The number of hydrogen-bond donors (Lipinski definition) is 0. The van der Waals surface area contributed by atoms with Crippen molar-refractivity contribution in [3.05, 3.63) is 0 Å². The van der Waals surface area contributed by atoms with E-state index < -0.39 is 9.03 Å². The molecular formula is C5H6Cl4O. The van der Waals surface area contributed by atoms with Crippen LogP contribution in [0.2, 0.25) is 0 Å². The van der Waals surface area contributed by atoms with Crippen LogP contribution in [0.25, 0.3) is 0 Å². The molecule has 0 saturated heterocycles. The molecule has 1 atom stereocenters. The van der Waals surface area contributed by atoms with Gasteiger partial charge in [-0.3, -0.25) is 4.79 Å². The zero-order valence-electron chi connectivity index (χ0n) is 5.20. The zero-order valence-corrected chi connectivity index (χ0v) is 8.23. The average molecular weight is 224 g/mol. The van der Waals surface area contributed by atoms with Crippen LogP contribution in [0.15, 0.2) is 0 Å². The molecule has 1 nitrogen and oxygen atoms in total. The molecule has 0 aromatic heterocycles. The summed E-state index contributed by atoms with van der Waals surface area (Å²) in [7, 11) is 0. The standard InChI is InChI=1S/C5H6Cl4O/c1-3(2-4(6)10)5(7,8)9/h3H,2H2,1H3/t3-/m1/s1. The van der Waals surface area contributed by atoms with Gasteiger partial charge in [0, 0.05) is 12.3 Å². The van der Waals surface area contributed by atoms with Gasteiger partial charge in [0.05, 0.1) is 0 Å². The second-order valence-corrected chi connectivity index (χ2v) is 4.79. The zero-order chi connectivity index (χ0) is 8.36. The van der Waals surface area contributed by atoms with E-state index in [1.807, 2.05) is 0 Å². The molecule has 10 heavy (non-hydrogen) atoms. The van der Waals surface area contributed by atoms with Crippen LogP contribution in [0, 0.1) is 5.92 Å². The van der Waals surface area contributed by atoms with E-state index in [0.29, 0.717) is 0 Å². The Morgan fingerprint density at radius 3 is 2.00 bits per heavy atom. The second kappa shape index (κ2) is 4.01. The number of carbonyl (C=O) groups excluding carboxylic acids is 1. The van der Waals surface area contributed by atoms with Gasteiger partial charge in [0.25, 0.3) is 0 Å². The van der Waals surface area contributed by atoms with Crippen molar-refractivity contribution >= 4 is 51.6 Å². The van der Waals surface area contributed by atoms with E-state index in [2.05, 4.69) is 0 Å². The molecule has 0 aliphatic heterocycles. The molecule has 0 fully saturated rings. The lowest BCUT2D eigenvalue weighted by atomic mass is 10.1. The molecule has 0 aliphatic rings. The maximum Gasteiger partial charge on any atom is 0.222 e. The van der Waals surface area contributed by atoms with Crippen LogP contribution in [0.4, 0.5) is 0 Å². The predicted molar refractivity (Wildman–Crippen MR) is 44.9 cm³/mol. The van der Waals surface area contributed by atoms with Gasteiger partial charge in [-0.1, -0.05) is 41.7 Å². The van der Waals surface area contributed by atoms with Crippen LogP contribution in [0.3, 0.4) is 0 Å². The summed E-state index contributed by atoms with van der Waals surface area (Å²) in [5, 5.41) is -0.487. The van der Waals surface area contributed by atoms with E-state index in [9.17, 15) is 4.79 Å². The normalized spacial score (nSPS) is 14.9. The number of rotatable bonds is 2. The van der Waals surface area contributed by atoms with Crippen LogP contribution in [0.5, 0.6) is 0 Å². The van der Waals surface area contributed by atoms with Crippen LogP contribution in [0.1, 0.15) is 13.3 Å². The highest BCUT2D eigenvalue weighted by Crippen LogP contribution is 2.36. The van der Waals surface area contributed by atoms with Crippen molar-refractivity contribution in [2.24, 2.45) is 5.92 Å². The summed E-state index contributed by atoms with van der Waals surface area (Å²) in [5.41, 5.74) is 0. The van der Waals surface area contributed by atoms with Gasteiger partial charge in [0.15, 0.2) is 3.79 Å². The minimum Gasteiger partial charge on any atom is -0.281 e. The van der Waals surface area contributed by atoms with Gasteiger partial charge < -0.3 is 0 Å². The molecule has 0 aromatic rings. The highest BCUT2D eigenvalue weighted by Gasteiger charge is 2.29. The van der Waals surface area contributed by atoms with Gasteiger partial charge in [-0.25, -0.2) is 0 Å². The summed E-state index contributed by atoms with van der Waals surface area (Å²) in [6, 6.07) is 0. The van der Waals surface area contributed by atoms with Gasteiger partial charge in [0.2, 0.25) is 5.24 Å². The summed E-state index contributed by atoms with van der Waals surface area (Å²) < 4.78 is -1.40. The van der Waals surface area contributed by atoms with Crippen LogP contribution in [-0.4, -0.2) is 9.03 Å². The number of halogens is 4. The van der Waals surface area contributed by atoms with Crippen molar-refractivity contribution in [1.82, 2.24) is 0 Å². The summed E-state index contributed by atoms with van der Waals surface area (Å²) in [4.78, 5) is 10.3. The Labute approximate surface area is 79.6 Å². The summed E-state index contributed by atoms with van der Waals surface area (Å²) in [6.45, 7) is 1.65. The lowest BCUT2D eigenvalue weighted by Gasteiger charge is -2.17. The molecule has 0 N–H and O–H groups in total. The van der Waals surface area contributed by atoms with E-state index in [0.717, 1.165) is 0 Å². The fraction of sp³-hybridized carbons (Fsp3) is 0.800. The molecule has 0 amide bonds. The van der Waals surface area contributed by atoms with Crippen LogP contribution in [-0.2, 0) is 4.79 Å². The first-order valence-electron chi connectivity index (χ1n) is 2.59. The Morgan fingerprint density at radius 2 is 1.90 bits per heavy atom. The van der Waals surface area contributed by atoms with Gasteiger partial charge in [-0.05, 0) is 11.6 Å². The maximum atomic E-state index is 10.3. The van der Waals surface area contributed by atoms with Crippen molar-refractivity contribution in [2.75, 3.05) is 0 Å². The third-order valence-electron chi connectivity index (χ3n) is 1.03. The van der Waals surface area contributed by atoms with Crippen molar-refractivity contribution in [3.8, 4) is 0 Å². The topological polar surface area (TPSA) is 17.1 Å². The Hall–Kier alpha value is 0.830. The van der Waals surface area contributed by atoms with Crippen molar-refractivity contribution < 1.29 is 4.79 Å². The first-order valence-corrected chi connectivity index (χ1v) is 4.10. The van der Waals surface area contributed by atoms with Gasteiger partial charge in [-0.2, -0.15) is 0 Å². The lowest BCUT2D eigenvalue weighted by molar-refractivity contribution is -0.112. The van der Waals surface area contributed by atoms with Crippen LogP contribution >= 0.6 is 46.4 Å². The van der Waals surface area contributed by atoms with Crippen molar-refractivity contribution in [3.63, 3.8) is 0 Å². The first-order chi connectivity index (χ1) is 4.34. The molecule has 0 aliphatic carbocycles. The second-order valence-electron chi connectivity index (χ2n) is 2.00. The minimum absolute atomic E-state index is 0.0814. The highest BCUT2D eigenvalue weighted by molar-refractivity contribution is 6.68. The van der Waals surface area contributed by atoms with Gasteiger partial charge >= 0.3 is 0 Å². The molecule has 0 heterocycles. The molecule has 0 bridgehead atoms. The molecule has 60 valence electrons. The Morgan fingerprint density at radius 1 is 1.50 bits per heavy atom. The Balaban J connectivity index is 3.85. The summed E-state index contributed by atoms with van der Waals surface area (Å²) >= 11 is 21.4. The van der Waals surface area contributed by atoms with E-state index >= 15 is 0 Å². The molecule has 5 heteroatoms. The monoisotopic (exact) mass is 222 g/mol. The first kappa shape index (κ1) is 10.8.